The summed E-state index contributed by atoms with van der Waals surface area (Å²) in [4.78, 5) is 4.79. The molecule has 2 unspecified atom stereocenters. The van der Waals surface area contributed by atoms with Crippen LogP contribution in [0.15, 0.2) is 24.3 Å². The number of imidazole rings is 1. The number of aryl methyl sites for hydroxylation is 1. The Morgan fingerprint density at radius 1 is 1.27 bits per heavy atom. The van der Waals surface area contributed by atoms with Crippen LogP contribution in [0.1, 0.15) is 52.9 Å². The van der Waals surface area contributed by atoms with Crippen LogP contribution in [0.5, 0.6) is 0 Å². The third-order valence-corrected chi connectivity index (χ3v) is 3.95. The molecular weight excluding hydrogens is 274 g/mol. The summed E-state index contributed by atoms with van der Waals surface area (Å²) >= 11 is 0. The van der Waals surface area contributed by atoms with Crippen molar-refractivity contribution in [3.8, 4) is 0 Å². The van der Waals surface area contributed by atoms with Crippen LogP contribution >= 0.6 is 0 Å². The summed E-state index contributed by atoms with van der Waals surface area (Å²) in [5, 5.41) is 13.2. The summed E-state index contributed by atoms with van der Waals surface area (Å²) in [6.45, 7) is 11.9. The fourth-order valence-electron chi connectivity index (χ4n) is 3.10. The van der Waals surface area contributed by atoms with Crippen molar-refractivity contribution in [2.75, 3.05) is 6.61 Å². The number of aromatic nitrogens is 2. The Kier molecular flexibility index (Phi) is 5.24. The van der Waals surface area contributed by atoms with Crippen LogP contribution in [0.3, 0.4) is 0 Å². The van der Waals surface area contributed by atoms with E-state index in [4.69, 9.17) is 4.98 Å². The molecule has 0 aliphatic carbocycles. The Bertz CT molecular complexity index is 612. The maximum absolute atomic E-state index is 9.66. The van der Waals surface area contributed by atoms with Crippen LogP contribution in [-0.2, 0) is 6.54 Å². The number of hydrogen-bond acceptors (Lipinski definition) is 3. The number of para-hydroxylation sites is 2. The Labute approximate surface area is 133 Å². The standard InChI is InChI=1S/C18H29N3O/c1-6-21-16-10-8-7-9-15(16)20-17(21)13(2)19-14(12-22)11-18(3,4)5/h7-10,13-14,19,22H,6,11-12H2,1-5H3. The molecule has 4 heteroatoms. The van der Waals surface area contributed by atoms with Crippen molar-refractivity contribution in [3.63, 3.8) is 0 Å². The van der Waals surface area contributed by atoms with E-state index in [2.05, 4.69) is 56.6 Å². The van der Waals surface area contributed by atoms with Gasteiger partial charge in [-0.2, -0.15) is 0 Å². The van der Waals surface area contributed by atoms with Crippen LogP contribution in [-0.4, -0.2) is 27.3 Å². The molecule has 0 aliphatic heterocycles. The molecule has 122 valence electrons. The molecule has 1 heterocycles. The molecule has 0 aliphatic rings. The molecule has 2 atom stereocenters. The van der Waals surface area contributed by atoms with Gasteiger partial charge in [-0.05, 0) is 37.8 Å². The predicted molar refractivity (Wildman–Crippen MR) is 91.9 cm³/mol. The zero-order valence-electron chi connectivity index (χ0n) is 14.4. The Morgan fingerprint density at radius 2 is 1.95 bits per heavy atom. The van der Waals surface area contributed by atoms with Crippen molar-refractivity contribution >= 4 is 11.0 Å². The Hall–Kier alpha value is -1.39. The lowest BCUT2D eigenvalue weighted by atomic mass is 9.88. The molecule has 0 saturated carbocycles. The van der Waals surface area contributed by atoms with E-state index in [1.807, 2.05) is 12.1 Å². The number of aliphatic hydroxyl groups excluding tert-OH is 1. The SMILES string of the molecule is CCn1c(C(C)NC(CO)CC(C)(C)C)nc2ccccc21. The topological polar surface area (TPSA) is 50.1 Å². The summed E-state index contributed by atoms with van der Waals surface area (Å²) in [5.74, 6) is 1.04. The van der Waals surface area contributed by atoms with Crippen molar-refractivity contribution in [1.82, 2.24) is 14.9 Å². The van der Waals surface area contributed by atoms with Gasteiger partial charge in [0.1, 0.15) is 5.82 Å². The van der Waals surface area contributed by atoms with Gasteiger partial charge in [-0.1, -0.05) is 32.9 Å². The van der Waals surface area contributed by atoms with Crippen LogP contribution in [0.4, 0.5) is 0 Å². The maximum atomic E-state index is 9.66. The number of aliphatic hydroxyl groups is 1. The van der Waals surface area contributed by atoms with Crippen LogP contribution in [0.2, 0.25) is 0 Å². The molecule has 0 bridgehead atoms. The number of fused-ring (bicyclic) bond motifs is 1. The molecule has 0 amide bonds. The van der Waals surface area contributed by atoms with E-state index in [0.717, 1.165) is 24.3 Å². The first-order chi connectivity index (χ1) is 10.4. The van der Waals surface area contributed by atoms with Gasteiger partial charge >= 0.3 is 0 Å². The second-order valence-electron chi connectivity index (χ2n) is 7.24. The first-order valence-electron chi connectivity index (χ1n) is 8.17. The number of nitrogens with one attached hydrogen (secondary N) is 1. The van der Waals surface area contributed by atoms with Crippen LogP contribution in [0, 0.1) is 5.41 Å². The summed E-state index contributed by atoms with van der Waals surface area (Å²) in [6, 6.07) is 8.42. The van der Waals surface area contributed by atoms with Gasteiger partial charge < -0.3 is 15.0 Å². The fraction of sp³-hybridized carbons (Fsp3) is 0.611. The monoisotopic (exact) mass is 303 g/mol. The van der Waals surface area contributed by atoms with Gasteiger partial charge in [0.25, 0.3) is 0 Å². The third-order valence-electron chi connectivity index (χ3n) is 3.95. The largest absolute Gasteiger partial charge is 0.395 e. The van der Waals surface area contributed by atoms with Crippen molar-refractivity contribution < 1.29 is 5.11 Å². The molecular formula is C18H29N3O. The van der Waals surface area contributed by atoms with Gasteiger partial charge in [0.2, 0.25) is 0 Å². The average Bonchev–Trinajstić information content (AvgIpc) is 2.83. The summed E-state index contributed by atoms with van der Waals surface area (Å²) in [7, 11) is 0. The molecule has 4 nitrogen and oxygen atoms in total. The van der Waals surface area contributed by atoms with Gasteiger partial charge in [0.05, 0.1) is 23.7 Å². The number of benzene rings is 1. The van der Waals surface area contributed by atoms with Crippen molar-refractivity contribution in [3.05, 3.63) is 30.1 Å². The summed E-state index contributed by atoms with van der Waals surface area (Å²) in [5.41, 5.74) is 2.39. The minimum atomic E-state index is 0.0834. The molecule has 0 saturated heterocycles. The smallest absolute Gasteiger partial charge is 0.126 e. The minimum absolute atomic E-state index is 0.0834. The highest BCUT2D eigenvalue weighted by Crippen LogP contribution is 2.24. The first kappa shape index (κ1) is 17.0. The molecule has 2 aromatic rings. The Balaban J connectivity index is 2.23. The zero-order chi connectivity index (χ0) is 16.3. The molecule has 1 aromatic carbocycles. The van der Waals surface area contributed by atoms with E-state index in [1.54, 1.807) is 0 Å². The van der Waals surface area contributed by atoms with Crippen molar-refractivity contribution in [2.45, 2.75) is 59.7 Å². The van der Waals surface area contributed by atoms with Gasteiger partial charge in [0.15, 0.2) is 0 Å². The fourth-order valence-corrected chi connectivity index (χ4v) is 3.10. The molecule has 0 radical (unpaired) electrons. The van der Waals surface area contributed by atoms with E-state index >= 15 is 0 Å². The van der Waals surface area contributed by atoms with Crippen LogP contribution < -0.4 is 5.32 Å². The van der Waals surface area contributed by atoms with Crippen LogP contribution in [0.25, 0.3) is 11.0 Å². The summed E-state index contributed by atoms with van der Waals surface area (Å²) in [6.07, 6.45) is 0.931. The summed E-state index contributed by atoms with van der Waals surface area (Å²) < 4.78 is 2.25. The zero-order valence-corrected chi connectivity index (χ0v) is 14.4. The minimum Gasteiger partial charge on any atom is -0.395 e. The lowest BCUT2D eigenvalue weighted by Crippen LogP contribution is -2.38. The lowest BCUT2D eigenvalue weighted by Gasteiger charge is -2.28. The predicted octanol–water partition coefficient (Wildman–Crippen LogP) is 3.50. The number of hydrogen-bond donors (Lipinski definition) is 2. The molecule has 0 fully saturated rings. The highest BCUT2D eigenvalue weighted by atomic mass is 16.3. The Morgan fingerprint density at radius 3 is 2.55 bits per heavy atom. The van der Waals surface area contributed by atoms with E-state index in [1.165, 1.54) is 5.52 Å². The molecule has 22 heavy (non-hydrogen) atoms. The highest BCUT2D eigenvalue weighted by molar-refractivity contribution is 5.76. The molecule has 2 rings (SSSR count). The normalized spacial score (nSPS) is 15.2. The molecule has 1 aromatic heterocycles. The van der Waals surface area contributed by atoms with Gasteiger partial charge in [-0.15, -0.1) is 0 Å². The van der Waals surface area contributed by atoms with E-state index in [-0.39, 0.29) is 24.1 Å². The van der Waals surface area contributed by atoms with Crippen molar-refractivity contribution in [2.24, 2.45) is 5.41 Å². The molecule has 2 N–H and O–H groups in total. The molecule has 0 spiro atoms. The number of nitrogens with zero attached hydrogens (tertiary/aromatic N) is 2. The van der Waals surface area contributed by atoms with Gasteiger partial charge in [-0.25, -0.2) is 4.98 Å². The maximum Gasteiger partial charge on any atom is 0.126 e. The quantitative estimate of drug-likeness (QED) is 0.858. The lowest BCUT2D eigenvalue weighted by molar-refractivity contribution is 0.188. The number of rotatable bonds is 6. The van der Waals surface area contributed by atoms with Gasteiger partial charge in [0, 0.05) is 12.6 Å². The second-order valence-corrected chi connectivity index (χ2v) is 7.24. The van der Waals surface area contributed by atoms with E-state index in [0.29, 0.717) is 0 Å². The van der Waals surface area contributed by atoms with E-state index in [9.17, 15) is 5.11 Å². The third kappa shape index (κ3) is 3.87. The average molecular weight is 303 g/mol. The van der Waals surface area contributed by atoms with E-state index < -0.39 is 0 Å². The van der Waals surface area contributed by atoms with Gasteiger partial charge in [-0.3, -0.25) is 0 Å². The first-order valence-corrected chi connectivity index (χ1v) is 8.17. The second kappa shape index (κ2) is 6.80. The highest BCUT2D eigenvalue weighted by Gasteiger charge is 2.22. The van der Waals surface area contributed by atoms with Crippen molar-refractivity contribution in [1.29, 1.82) is 0 Å².